The van der Waals surface area contributed by atoms with Crippen molar-refractivity contribution < 1.29 is 14.3 Å². The van der Waals surface area contributed by atoms with Crippen molar-refractivity contribution in [2.45, 2.75) is 43.6 Å². The first-order valence-corrected chi connectivity index (χ1v) is 14.0. The number of aliphatic hydroxyl groups is 1. The number of likely N-dealkylation sites (tertiary alicyclic amines) is 2. The number of hydrogen-bond acceptors (Lipinski definition) is 4. The Morgan fingerprint density at radius 3 is 2.47 bits per heavy atom. The summed E-state index contributed by atoms with van der Waals surface area (Å²) in [5, 5.41) is 15.5. The van der Waals surface area contributed by atoms with E-state index in [1.807, 2.05) is 11.0 Å². The van der Waals surface area contributed by atoms with Gasteiger partial charge in [0.25, 0.3) is 5.91 Å². The molecule has 0 spiro atoms. The molecule has 0 saturated carbocycles. The molecule has 0 aliphatic carbocycles. The molecule has 2 aromatic carbocycles. The van der Waals surface area contributed by atoms with Gasteiger partial charge in [-0.15, -0.1) is 0 Å². The van der Waals surface area contributed by atoms with Gasteiger partial charge in [-0.3, -0.25) is 4.79 Å². The maximum absolute atomic E-state index is 13.4. The molecule has 4 nitrogen and oxygen atoms in total. The van der Waals surface area contributed by atoms with Crippen LogP contribution in [0.4, 0.5) is 4.39 Å². The van der Waals surface area contributed by atoms with Gasteiger partial charge in [-0.05, 0) is 90.2 Å². The van der Waals surface area contributed by atoms with E-state index in [9.17, 15) is 14.3 Å². The maximum atomic E-state index is 13.4. The van der Waals surface area contributed by atoms with Crippen LogP contribution in [0.25, 0.3) is 0 Å². The number of piperidine rings is 1. The first-order valence-electron chi connectivity index (χ1n) is 13.0. The minimum Gasteiger partial charge on any atom is -0.390 e. The largest absolute Gasteiger partial charge is 0.390 e. The Morgan fingerprint density at radius 2 is 1.78 bits per heavy atom. The summed E-state index contributed by atoms with van der Waals surface area (Å²) in [7, 11) is 0. The molecule has 3 aromatic rings. The summed E-state index contributed by atoms with van der Waals surface area (Å²) in [4.78, 5) is 17.6. The number of benzene rings is 2. The van der Waals surface area contributed by atoms with Gasteiger partial charge in [-0.1, -0.05) is 30.3 Å². The van der Waals surface area contributed by atoms with E-state index in [2.05, 4.69) is 46.0 Å². The minimum atomic E-state index is -0.571. The molecule has 1 amide bonds. The van der Waals surface area contributed by atoms with Crippen LogP contribution in [0.3, 0.4) is 0 Å². The van der Waals surface area contributed by atoms with Crippen LogP contribution >= 0.6 is 11.3 Å². The second-order valence-electron chi connectivity index (χ2n) is 10.5. The third-order valence-electron chi connectivity index (χ3n) is 8.02. The fraction of sp³-hybridized carbons (Fsp3) is 0.433. The number of amides is 1. The van der Waals surface area contributed by atoms with Crippen LogP contribution in [0, 0.1) is 11.7 Å². The number of carbonyl (C=O) groups is 1. The molecule has 190 valence electrons. The van der Waals surface area contributed by atoms with Gasteiger partial charge in [0.05, 0.1) is 5.60 Å². The summed E-state index contributed by atoms with van der Waals surface area (Å²) in [6.07, 6.45) is 4.46. The predicted octanol–water partition coefficient (Wildman–Crippen LogP) is 5.59. The Balaban J connectivity index is 1.17. The lowest BCUT2D eigenvalue weighted by Gasteiger charge is -2.39. The summed E-state index contributed by atoms with van der Waals surface area (Å²) in [6.45, 7) is 4.10. The Hall–Kier alpha value is -2.54. The number of rotatable bonds is 8. The van der Waals surface area contributed by atoms with Crippen molar-refractivity contribution in [3.05, 3.63) is 93.9 Å². The lowest BCUT2D eigenvalue weighted by Crippen LogP contribution is -2.46. The molecule has 2 aliphatic rings. The summed E-state index contributed by atoms with van der Waals surface area (Å²) in [5.41, 5.74) is 2.60. The summed E-state index contributed by atoms with van der Waals surface area (Å²) >= 11 is 1.70. The first kappa shape index (κ1) is 25.1. The highest BCUT2D eigenvalue weighted by molar-refractivity contribution is 7.08. The van der Waals surface area contributed by atoms with Crippen molar-refractivity contribution in [1.82, 2.24) is 9.80 Å². The molecule has 2 atom stereocenters. The van der Waals surface area contributed by atoms with Crippen molar-refractivity contribution >= 4 is 17.2 Å². The van der Waals surface area contributed by atoms with Gasteiger partial charge in [0.15, 0.2) is 0 Å². The van der Waals surface area contributed by atoms with Crippen molar-refractivity contribution in [3.63, 3.8) is 0 Å². The number of nitrogens with zero attached hydrogens (tertiary/aromatic N) is 2. The number of halogens is 1. The van der Waals surface area contributed by atoms with Gasteiger partial charge < -0.3 is 14.9 Å². The number of aryl methyl sites for hydroxylation is 1. The zero-order chi connectivity index (χ0) is 25.0. The Kier molecular flexibility index (Phi) is 7.85. The summed E-state index contributed by atoms with van der Waals surface area (Å²) < 4.78 is 13.4. The highest BCUT2D eigenvalue weighted by Crippen LogP contribution is 2.36. The van der Waals surface area contributed by atoms with Crippen molar-refractivity contribution in [3.8, 4) is 0 Å². The highest BCUT2D eigenvalue weighted by Gasteiger charge is 2.39. The van der Waals surface area contributed by atoms with Crippen LogP contribution < -0.4 is 0 Å². The fourth-order valence-corrected chi connectivity index (χ4v) is 6.59. The van der Waals surface area contributed by atoms with E-state index in [4.69, 9.17) is 0 Å². The lowest BCUT2D eigenvalue weighted by atomic mass is 9.84. The van der Waals surface area contributed by atoms with Gasteiger partial charge in [-0.2, -0.15) is 11.3 Å². The molecule has 5 rings (SSSR count). The molecule has 6 heteroatoms. The van der Waals surface area contributed by atoms with Crippen LogP contribution in [-0.4, -0.2) is 59.1 Å². The molecule has 2 fully saturated rings. The second-order valence-corrected chi connectivity index (χ2v) is 11.3. The van der Waals surface area contributed by atoms with Crippen molar-refractivity contribution in [1.29, 1.82) is 0 Å². The molecular weight excluding hydrogens is 471 g/mol. The van der Waals surface area contributed by atoms with E-state index in [0.717, 1.165) is 51.7 Å². The molecule has 1 aromatic heterocycles. The Morgan fingerprint density at radius 1 is 1.03 bits per heavy atom. The molecule has 2 unspecified atom stereocenters. The molecule has 2 aliphatic heterocycles. The van der Waals surface area contributed by atoms with Gasteiger partial charge in [0.1, 0.15) is 5.82 Å². The van der Waals surface area contributed by atoms with E-state index in [-0.39, 0.29) is 11.7 Å². The standard InChI is InChI=1S/C30H35FN2O2S/c31-27-10-8-24(9-11-27)29(34)33-20-26(28(21-33)25-12-18-36-22-25)19-32-16-14-30(35,15-17-32)13-4-7-23-5-2-1-3-6-23/h1-3,5-6,8-12,18,22,26,28,35H,4,7,13-17,19-21H2. The van der Waals surface area contributed by atoms with Gasteiger partial charge in [0.2, 0.25) is 0 Å². The average Bonchev–Trinajstić information content (AvgIpc) is 3.57. The monoisotopic (exact) mass is 506 g/mol. The van der Waals surface area contributed by atoms with E-state index in [1.165, 1.54) is 23.3 Å². The third kappa shape index (κ3) is 6.05. The minimum absolute atomic E-state index is 0.0239. The van der Waals surface area contributed by atoms with E-state index in [0.29, 0.717) is 30.5 Å². The number of carbonyl (C=O) groups excluding carboxylic acids is 1. The topological polar surface area (TPSA) is 43.8 Å². The van der Waals surface area contributed by atoms with Crippen molar-refractivity contribution in [2.75, 3.05) is 32.7 Å². The van der Waals surface area contributed by atoms with Crippen LogP contribution in [0.2, 0.25) is 0 Å². The Labute approximate surface area is 217 Å². The summed E-state index contributed by atoms with van der Waals surface area (Å²) in [6, 6.07) is 18.5. The fourth-order valence-electron chi connectivity index (χ4n) is 5.86. The van der Waals surface area contributed by atoms with Crippen LogP contribution in [0.15, 0.2) is 71.4 Å². The number of hydrogen-bond donors (Lipinski definition) is 1. The van der Waals surface area contributed by atoms with Crippen molar-refractivity contribution in [2.24, 2.45) is 5.92 Å². The smallest absolute Gasteiger partial charge is 0.253 e. The Bertz CT molecular complexity index is 1110. The molecule has 36 heavy (non-hydrogen) atoms. The third-order valence-corrected chi connectivity index (χ3v) is 8.72. The first-order chi connectivity index (χ1) is 17.5. The molecule has 2 saturated heterocycles. The molecule has 0 bridgehead atoms. The zero-order valence-corrected chi connectivity index (χ0v) is 21.5. The summed E-state index contributed by atoms with van der Waals surface area (Å²) in [5.74, 6) is 0.289. The normalized spacial score (nSPS) is 22.1. The van der Waals surface area contributed by atoms with Gasteiger partial charge in [0, 0.05) is 44.2 Å². The highest BCUT2D eigenvalue weighted by atomic mass is 32.1. The van der Waals surface area contributed by atoms with Gasteiger partial charge >= 0.3 is 0 Å². The number of thiophene rings is 1. The van der Waals surface area contributed by atoms with E-state index < -0.39 is 5.60 Å². The molecule has 3 heterocycles. The van der Waals surface area contributed by atoms with Crippen LogP contribution in [0.1, 0.15) is 53.1 Å². The maximum Gasteiger partial charge on any atom is 0.253 e. The lowest BCUT2D eigenvalue weighted by molar-refractivity contribution is -0.0315. The van der Waals surface area contributed by atoms with Gasteiger partial charge in [-0.25, -0.2) is 4.39 Å². The predicted molar refractivity (Wildman–Crippen MR) is 143 cm³/mol. The SMILES string of the molecule is O=C(c1ccc(F)cc1)N1CC(CN2CCC(O)(CCCc3ccccc3)CC2)C(c2ccsc2)C1. The van der Waals surface area contributed by atoms with E-state index >= 15 is 0 Å². The average molecular weight is 507 g/mol. The van der Waals surface area contributed by atoms with E-state index in [1.54, 1.807) is 23.5 Å². The zero-order valence-electron chi connectivity index (χ0n) is 20.7. The van der Waals surface area contributed by atoms with Crippen LogP contribution in [-0.2, 0) is 6.42 Å². The molecule has 0 radical (unpaired) electrons. The van der Waals surface area contributed by atoms with Crippen LogP contribution in [0.5, 0.6) is 0 Å². The second kappa shape index (κ2) is 11.2. The molecular formula is C30H35FN2O2S. The quantitative estimate of drug-likeness (QED) is 0.433. The molecule has 1 N–H and O–H groups in total.